The molecule has 2 atom stereocenters. The molecule has 4 nitrogen and oxygen atoms in total. The zero-order chi connectivity index (χ0) is 14.9. The molecule has 4 heteroatoms. The van der Waals surface area contributed by atoms with Gasteiger partial charge in [-0.15, -0.1) is 0 Å². The van der Waals surface area contributed by atoms with Crippen molar-refractivity contribution in [1.82, 2.24) is 10.2 Å². The third-order valence-electron chi connectivity index (χ3n) is 4.81. The molecule has 1 saturated carbocycles. The van der Waals surface area contributed by atoms with E-state index < -0.39 is 0 Å². The van der Waals surface area contributed by atoms with Crippen molar-refractivity contribution >= 4 is 11.8 Å². The van der Waals surface area contributed by atoms with Crippen LogP contribution in [0.5, 0.6) is 0 Å². The Bertz CT molecular complexity index is 386. The molecule has 0 spiro atoms. The number of rotatable bonds is 4. The molecule has 2 unspecified atom stereocenters. The first-order valence-corrected chi connectivity index (χ1v) is 7.93. The molecule has 0 bridgehead atoms. The van der Waals surface area contributed by atoms with E-state index in [-0.39, 0.29) is 29.3 Å². The van der Waals surface area contributed by atoms with E-state index in [1.165, 1.54) is 25.7 Å². The smallest absolute Gasteiger partial charge is 0.245 e. The largest absolute Gasteiger partial charge is 0.343 e. The highest BCUT2D eigenvalue weighted by atomic mass is 16.2. The lowest BCUT2D eigenvalue weighted by Crippen LogP contribution is -2.63. The maximum absolute atomic E-state index is 12.7. The van der Waals surface area contributed by atoms with Gasteiger partial charge in [-0.05, 0) is 37.5 Å². The molecule has 1 N–H and O–H groups in total. The minimum absolute atomic E-state index is 0.00292. The van der Waals surface area contributed by atoms with Gasteiger partial charge in [-0.3, -0.25) is 9.59 Å². The van der Waals surface area contributed by atoms with Crippen LogP contribution < -0.4 is 5.32 Å². The van der Waals surface area contributed by atoms with Crippen molar-refractivity contribution in [3.05, 3.63) is 0 Å². The third kappa shape index (κ3) is 3.15. The summed E-state index contributed by atoms with van der Waals surface area (Å²) in [5.41, 5.74) is 0.198. The van der Waals surface area contributed by atoms with Gasteiger partial charge in [0, 0.05) is 6.54 Å². The molecule has 2 rings (SSSR count). The van der Waals surface area contributed by atoms with Gasteiger partial charge in [-0.1, -0.05) is 33.6 Å². The number of carbonyl (C=O) groups excluding carboxylic acids is 2. The van der Waals surface area contributed by atoms with Crippen molar-refractivity contribution in [3.63, 3.8) is 0 Å². The Morgan fingerprint density at radius 1 is 1.30 bits per heavy atom. The van der Waals surface area contributed by atoms with Crippen LogP contribution in [0.25, 0.3) is 0 Å². The summed E-state index contributed by atoms with van der Waals surface area (Å²) in [5.74, 6) is 0.511. The van der Waals surface area contributed by atoms with E-state index in [0.29, 0.717) is 5.92 Å². The van der Waals surface area contributed by atoms with Crippen LogP contribution in [-0.4, -0.2) is 35.3 Å². The summed E-state index contributed by atoms with van der Waals surface area (Å²) >= 11 is 0. The van der Waals surface area contributed by atoms with Crippen LogP contribution in [0.3, 0.4) is 0 Å². The third-order valence-corrected chi connectivity index (χ3v) is 4.81. The predicted molar refractivity (Wildman–Crippen MR) is 79.1 cm³/mol. The van der Waals surface area contributed by atoms with Crippen molar-refractivity contribution < 1.29 is 9.59 Å². The first kappa shape index (κ1) is 15.3. The number of hydrogen-bond donors (Lipinski definition) is 1. The first-order valence-electron chi connectivity index (χ1n) is 7.93. The normalized spacial score (nSPS) is 29.9. The lowest BCUT2D eigenvalue weighted by molar-refractivity contribution is -0.150. The lowest BCUT2D eigenvalue weighted by Gasteiger charge is -2.41. The average Bonchev–Trinajstić information content (AvgIpc) is 2.78. The molecule has 0 aromatic rings. The highest BCUT2D eigenvalue weighted by molar-refractivity contribution is 5.96. The van der Waals surface area contributed by atoms with Gasteiger partial charge >= 0.3 is 0 Å². The van der Waals surface area contributed by atoms with E-state index in [2.05, 4.69) is 26.1 Å². The van der Waals surface area contributed by atoms with Crippen molar-refractivity contribution in [2.45, 2.75) is 71.9 Å². The maximum Gasteiger partial charge on any atom is 0.245 e. The molecular formula is C16H28N2O2. The summed E-state index contributed by atoms with van der Waals surface area (Å²) in [6, 6.07) is -0.660. The number of nitrogens with zero attached hydrogens (tertiary/aromatic N) is 1. The van der Waals surface area contributed by atoms with E-state index in [4.69, 9.17) is 0 Å². The quantitative estimate of drug-likeness (QED) is 0.859. The molecular weight excluding hydrogens is 252 g/mol. The molecule has 0 aromatic heterocycles. The first-order chi connectivity index (χ1) is 9.32. The highest BCUT2D eigenvalue weighted by Gasteiger charge is 2.42. The zero-order valence-corrected chi connectivity index (χ0v) is 13.2. The number of nitrogens with one attached hydrogen (secondary N) is 1. The molecule has 2 aliphatic rings. The average molecular weight is 280 g/mol. The number of carbonyl (C=O) groups is 2. The number of amides is 2. The molecule has 0 aromatic carbocycles. The van der Waals surface area contributed by atoms with Crippen LogP contribution in [0.1, 0.15) is 59.8 Å². The minimum atomic E-state index is -0.330. The minimum Gasteiger partial charge on any atom is -0.343 e. The maximum atomic E-state index is 12.7. The second-order valence-electron chi connectivity index (χ2n) is 7.35. The Morgan fingerprint density at radius 3 is 2.45 bits per heavy atom. The van der Waals surface area contributed by atoms with Gasteiger partial charge in [-0.25, -0.2) is 0 Å². The van der Waals surface area contributed by atoms with Gasteiger partial charge in [0.2, 0.25) is 11.8 Å². The number of piperazine rings is 1. The fraction of sp³-hybridized carbons (Fsp3) is 0.875. The highest BCUT2D eigenvalue weighted by Crippen LogP contribution is 2.39. The van der Waals surface area contributed by atoms with Gasteiger partial charge in [0.15, 0.2) is 0 Å². The van der Waals surface area contributed by atoms with E-state index in [1.54, 1.807) is 0 Å². The summed E-state index contributed by atoms with van der Waals surface area (Å²) in [4.78, 5) is 26.6. The lowest BCUT2D eigenvalue weighted by atomic mass is 9.86. The predicted octanol–water partition coefficient (Wildman–Crippen LogP) is 2.33. The van der Waals surface area contributed by atoms with E-state index in [9.17, 15) is 9.59 Å². The SMILES string of the molecule is CC(C)CC1NC(=O)C(C)N(CC2(C)CCCC2)C1=O. The molecule has 2 fully saturated rings. The molecule has 1 aliphatic carbocycles. The van der Waals surface area contributed by atoms with Gasteiger partial charge in [-0.2, -0.15) is 0 Å². The van der Waals surface area contributed by atoms with Crippen LogP contribution in [-0.2, 0) is 9.59 Å². The molecule has 1 aliphatic heterocycles. The van der Waals surface area contributed by atoms with Gasteiger partial charge in [0.05, 0.1) is 0 Å². The van der Waals surface area contributed by atoms with Crippen LogP contribution in [0.15, 0.2) is 0 Å². The summed E-state index contributed by atoms with van der Waals surface area (Å²) in [7, 11) is 0. The Kier molecular flexibility index (Phi) is 4.40. The summed E-state index contributed by atoms with van der Waals surface area (Å²) in [6.45, 7) is 9.00. The fourth-order valence-electron chi connectivity index (χ4n) is 3.53. The van der Waals surface area contributed by atoms with Crippen LogP contribution >= 0.6 is 0 Å². The monoisotopic (exact) mass is 280 g/mol. The van der Waals surface area contributed by atoms with Gasteiger partial charge in [0.1, 0.15) is 12.1 Å². The van der Waals surface area contributed by atoms with Crippen LogP contribution in [0.2, 0.25) is 0 Å². The van der Waals surface area contributed by atoms with Crippen LogP contribution in [0.4, 0.5) is 0 Å². The Hall–Kier alpha value is -1.06. The van der Waals surface area contributed by atoms with E-state index in [0.717, 1.165) is 13.0 Å². The van der Waals surface area contributed by atoms with Crippen molar-refractivity contribution in [3.8, 4) is 0 Å². The Labute approximate surface area is 122 Å². The van der Waals surface area contributed by atoms with Gasteiger partial charge in [0.25, 0.3) is 0 Å². The van der Waals surface area contributed by atoms with Gasteiger partial charge < -0.3 is 10.2 Å². The zero-order valence-electron chi connectivity index (χ0n) is 13.2. The molecule has 1 saturated heterocycles. The molecule has 1 heterocycles. The fourth-order valence-corrected chi connectivity index (χ4v) is 3.53. The second-order valence-corrected chi connectivity index (χ2v) is 7.35. The van der Waals surface area contributed by atoms with E-state index in [1.807, 2.05) is 11.8 Å². The Balaban J connectivity index is 2.11. The van der Waals surface area contributed by atoms with Crippen molar-refractivity contribution in [2.24, 2.45) is 11.3 Å². The standard InChI is InChI=1S/C16H28N2O2/c1-11(2)9-13-15(20)18(12(3)14(19)17-13)10-16(4)7-5-6-8-16/h11-13H,5-10H2,1-4H3,(H,17,19). The number of hydrogen-bond acceptors (Lipinski definition) is 2. The molecule has 20 heavy (non-hydrogen) atoms. The summed E-state index contributed by atoms with van der Waals surface area (Å²) in [5, 5.41) is 2.88. The van der Waals surface area contributed by atoms with E-state index >= 15 is 0 Å². The summed E-state index contributed by atoms with van der Waals surface area (Å²) in [6.07, 6.45) is 5.55. The summed E-state index contributed by atoms with van der Waals surface area (Å²) < 4.78 is 0. The Morgan fingerprint density at radius 2 is 1.90 bits per heavy atom. The molecule has 2 amide bonds. The molecule has 114 valence electrons. The van der Waals surface area contributed by atoms with Crippen molar-refractivity contribution in [1.29, 1.82) is 0 Å². The second kappa shape index (κ2) is 5.74. The molecule has 0 radical (unpaired) electrons. The van der Waals surface area contributed by atoms with Crippen LogP contribution in [0, 0.1) is 11.3 Å². The topological polar surface area (TPSA) is 49.4 Å². The van der Waals surface area contributed by atoms with Crippen molar-refractivity contribution in [2.75, 3.05) is 6.54 Å².